The predicted molar refractivity (Wildman–Crippen MR) is 75.6 cm³/mol. The Bertz CT molecular complexity index is 329. The number of piperazine rings is 1. The SMILES string of the molecule is CCSCCN1C(=O)C(C)(C)NC(=O)C1C(C)C. The highest BCUT2D eigenvalue weighted by Gasteiger charge is 2.45. The highest BCUT2D eigenvalue weighted by atomic mass is 32.2. The van der Waals surface area contributed by atoms with Gasteiger partial charge in [0.05, 0.1) is 0 Å². The van der Waals surface area contributed by atoms with Gasteiger partial charge in [0.15, 0.2) is 0 Å². The summed E-state index contributed by atoms with van der Waals surface area (Å²) >= 11 is 1.79. The van der Waals surface area contributed by atoms with Gasteiger partial charge in [-0.2, -0.15) is 11.8 Å². The zero-order chi connectivity index (χ0) is 13.9. The molecule has 1 fully saturated rings. The second-order valence-corrected chi connectivity index (χ2v) is 6.89. The average molecular weight is 272 g/mol. The van der Waals surface area contributed by atoms with Gasteiger partial charge in [-0.15, -0.1) is 0 Å². The molecule has 1 aliphatic rings. The third-order valence-electron chi connectivity index (χ3n) is 3.15. The van der Waals surface area contributed by atoms with E-state index in [2.05, 4.69) is 12.2 Å². The largest absolute Gasteiger partial charge is 0.340 e. The first-order valence-corrected chi connectivity index (χ1v) is 7.67. The van der Waals surface area contributed by atoms with Gasteiger partial charge in [0.2, 0.25) is 11.8 Å². The molecule has 1 rings (SSSR count). The van der Waals surface area contributed by atoms with E-state index >= 15 is 0 Å². The zero-order valence-corrected chi connectivity index (χ0v) is 12.8. The lowest BCUT2D eigenvalue weighted by Gasteiger charge is -2.44. The van der Waals surface area contributed by atoms with Crippen LogP contribution in [-0.2, 0) is 9.59 Å². The smallest absolute Gasteiger partial charge is 0.248 e. The number of hydrogen-bond donors (Lipinski definition) is 1. The summed E-state index contributed by atoms with van der Waals surface area (Å²) in [6.45, 7) is 10.2. The van der Waals surface area contributed by atoms with Gasteiger partial charge < -0.3 is 10.2 Å². The lowest BCUT2D eigenvalue weighted by Crippen LogP contribution is -2.69. The standard InChI is InChI=1S/C13H24N2O2S/c1-6-18-8-7-15-10(9(2)3)11(16)14-13(4,5)12(15)17/h9-10H,6-8H2,1-5H3,(H,14,16). The first-order chi connectivity index (χ1) is 8.31. The Hall–Kier alpha value is -0.710. The van der Waals surface area contributed by atoms with Crippen LogP contribution in [0, 0.1) is 5.92 Å². The van der Waals surface area contributed by atoms with Crippen LogP contribution in [0.3, 0.4) is 0 Å². The number of carbonyl (C=O) groups excluding carboxylic acids is 2. The van der Waals surface area contributed by atoms with Crippen molar-refractivity contribution in [1.29, 1.82) is 0 Å². The molecule has 5 heteroatoms. The summed E-state index contributed by atoms with van der Waals surface area (Å²) in [6, 6.07) is -0.331. The molecule has 18 heavy (non-hydrogen) atoms. The molecule has 0 aromatic rings. The van der Waals surface area contributed by atoms with E-state index < -0.39 is 5.54 Å². The molecule has 1 saturated heterocycles. The molecule has 0 spiro atoms. The Morgan fingerprint density at radius 2 is 2.00 bits per heavy atom. The van der Waals surface area contributed by atoms with Crippen molar-refractivity contribution in [2.45, 2.75) is 46.2 Å². The van der Waals surface area contributed by atoms with Gasteiger partial charge in [0, 0.05) is 12.3 Å². The van der Waals surface area contributed by atoms with E-state index in [1.807, 2.05) is 13.8 Å². The Balaban J connectivity index is 2.88. The van der Waals surface area contributed by atoms with Crippen LogP contribution in [-0.4, -0.2) is 46.3 Å². The number of thioether (sulfide) groups is 1. The first kappa shape index (κ1) is 15.3. The molecule has 0 bridgehead atoms. The van der Waals surface area contributed by atoms with Gasteiger partial charge in [0.25, 0.3) is 0 Å². The van der Waals surface area contributed by atoms with Crippen molar-refractivity contribution < 1.29 is 9.59 Å². The molecule has 1 aliphatic heterocycles. The molecule has 2 amide bonds. The molecule has 1 N–H and O–H groups in total. The molecule has 4 nitrogen and oxygen atoms in total. The van der Waals surface area contributed by atoms with Gasteiger partial charge in [0.1, 0.15) is 11.6 Å². The summed E-state index contributed by atoms with van der Waals surface area (Å²) in [6.07, 6.45) is 0. The van der Waals surface area contributed by atoms with Crippen LogP contribution >= 0.6 is 11.8 Å². The fourth-order valence-electron chi connectivity index (χ4n) is 2.27. The van der Waals surface area contributed by atoms with Crippen molar-refractivity contribution >= 4 is 23.6 Å². The number of amides is 2. The monoisotopic (exact) mass is 272 g/mol. The van der Waals surface area contributed by atoms with Crippen LogP contribution in [0.4, 0.5) is 0 Å². The minimum absolute atomic E-state index is 0.0255. The normalized spacial score (nSPS) is 23.4. The molecule has 0 aliphatic carbocycles. The van der Waals surface area contributed by atoms with Crippen molar-refractivity contribution in [3.8, 4) is 0 Å². The summed E-state index contributed by atoms with van der Waals surface area (Å²) in [5.41, 5.74) is -0.778. The third kappa shape index (κ3) is 3.19. The molecule has 0 aromatic heterocycles. The van der Waals surface area contributed by atoms with Crippen molar-refractivity contribution in [1.82, 2.24) is 10.2 Å². The molecular weight excluding hydrogens is 248 g/mol. The lowest BCUT2D eigenvalue weighted by atomic mass is 9.91. The van der Waals surface area contributed by atoms with Gasteiger partial charge >= 0.3 is 0 Å². The molecule has 0 saturated carbocycles. The summed E-state index contributed by atoms with van der Waals surface area (Å²) < 4.78 is 0. The van der Waals surface area contributed by atoms with Crippen LogP contribution in [0.5, 0.6) is 0 Å². The second-order valence-electron chi connectivity index (χ2n) is 5.50. The Morgan fingerprint density at radius 1 is 1.39 bits per heavy atom. The lowest BCUT2D eigenvalue weighted by molar-refractivity contribution is -0.154. The Labute approximate surface area is 114 Å². The Kier molecular flexibility index (Phi) is 5.08. The topological polar surface area (TPSA) is 49.4 Å². The van der Waals surface area contributed by atoms with Crippen LogP contribution in [0.15, 0.2) is 0 Å². The molecule has 104 valence electrons. The van der Waals surface area contributed by atoms with Crippen LogP contribution in [0.2, 0.25) is 0 Å². The number of hydrogen-bond acceptors (Lipinski definition) is 3. The van der Waals surface area contributed by atoms with Crippen molar-refractivity contribution in [3.05, 3.63) is 0 Å². The van der Waals surface area contributed by atoms with Crippen molar-refractivity contribution in [3.63, 3.8) is 0 Å². The van der Waals surface area contributed by atoms with Gasteiger partial charge in [-0.25, -0.2) is 0 Å². The van der Waals surface area contributed by atoms with Crippen molar-refractivity contribution in [2.75, 3.05) is 18.1 Å². The summed E-state index contributed by atoms with van der Waals surface area (Å²) in [5, 5.41) is 2.82. The van der Waals surface area contributed by atoms with Gasteiger partial charge in [-0.1, -0.05) is 20.8 Å². The van der Waals surface area contributed by atoms with Crippen molar-refractivity contribution in [2.24, 2.45) is 5.92 Å². The first-order valence-electron chi connectivity index (χ1n) is 6.52. The number of nitrogens with zero attached hydrogens (tertiary/aromatic N) is 1. The quantitative estimate of drug-likeness (QED) is 0.772. The zero-order valence-electron chi connectivity index (χ0n) is 11.9. The molecule has 1 atom stereocenters. The van der Waals surface area contributed by atoms with E-state index in [4.69, 9.17) is 0 Å². The van der Waals surface area contributed by atoms with Crippen LogP contribution in [0.1, 0.15) is 34.6 Å². The molecule has 0 radical (unpaired) electrons. The minimum Gasteiger partial charge on any atom is -0.340 e. The fraction of sp³-hybridized carbons (Fsp3) is 0.846. The van der Waals surface area contributed by atoms with E-state index in [0.29, 0.717) is 6.54 Å². The fourth-order valence-corrected chi connectivity index (χ4v) is 2.89. The summed E-state index contributed by atoms with van der Waals surface area (Å²) in [4.78, 5) is 26.3. The third-order valence-corrected chi connectivity index (χ3v) is 4.03. The van der Waals surface area contributed by atoms with E-state index in [-0.39, 0.29) is 23.8 Å². The molecule has 0 aromatic carbocycles. The molecule has 1 heterocycles. The number of carbonyl (C=O) groups is 2. The average Bonchev–Trinajstić information content (AvgIpc) is 2.24. The van der Waals surface area contributed by atoms with Gasteiger partial charge in [-0.3, -0.25) is 9.59 Å². The Morgan fingerprint density at radius 3 is 2.50 bits per heavy atom. The van der Waals surface area contributed by atoms with E-state index in [1.165, 1.54) is 0 Å². The maximum Gasteiger partial charge on any atom is 0.248 e. The molecular formula is C13H24N2O2S. The minimum atomic E-state index is -0.778. The summed E-state index contributed by atoms with van der Waals surface area (Å²) in [7, 11) is 0. The summed E-state index contributed by atoms with van der Waals surface area (Å²) in [5.74, 6) is 2.05. The highest BCUT2D eigenvalue weighted by Crippen LogP contribution is 2.23. The number of rotatable bonds is 5. The second kappa shape index (κ2) is 5.95. The van der Waals surface area contributed by atoms with Crippen LogP contribution < -0.4 is 5.32 Å². The predicted octanol–water partition coefficient (Wildman–Crippen LogP) is 1.50. The van der Waals surface area contributed by atoms with Gasteiger partial charge in [-0.05, 0) is 25.5 Å². The van der Waals surface area contributed by atoms with Crippen LogP contribution in [0.25, 0.3) is 0 Å². The molecule has 1 unspecified atom stereocenters. The van der Waals surface area contributed by atoms with E-state index in [9.17, 15) is 9.59 Å². The van der Waals surface area contributed by atoms with E-state index in [1.54, 1.807) is 30.5 Å². The number of nitrogens with one attached hydrogen (secondary N) is 1. The highest BCUT2D eigenvalue weighted by molar-refractivity contribution is 7.99. The maximum absolute atomic E-state index is 12.4. The maximum atomic E-state index is 12.4. The van der Waals surface area contributed by atoms with E-state index in [0.717, 1.165) is 11.5 Å².